The van der Waals surface area contributed by atoms with Crippen LogP contribution in [0.4, 0.5) is 0 Å². The van der Waals surface area contributed by atoms with Crippen LogP contribution in [0, 0.1) is 11.3 Å². The Labute approximate surface area is 114 Å². The van der Waals surface area contributed by atoms with Crippen molar-refractivity contribution >= 4 is 11.8 Å². The molecule has 106 valence electrons. The van der Waals surface area contributed by atoms with E-state index in [0.29, 0.717) is 38.6 Å². The van der Waals surface area contributed by atoms with Crippen LogP contribution in [0.15, 0.2) is 0 Å². The minimum Gasteiger partial charge on any atom is -0.339 e. The van der Waals surface area contributed by atoms with Gasteiger partial charge in [-0.1, -0.05) is 6.42 Å². The van der Waals surface area contributed by atoms with E-state index in [0.717, 1.165) is 32.1 Å². The van der Waals surface area contributed by atoms with E-state index in [1.807, 2.05) is 9.80 Å². The average molecular weight is 265 g/mol. The number of hydrogen-bond donors (Lipinski definition) is 1. The molecule has 0 bridgehead atoms. The third-order valence-electron chi connectivity index (χ3n) is 4.96. The zero-order valence-corrected chi connectivity index (χ0v) is 11.4. The Balaban J connectivity index is 1.54. The minimum atomic E-state index is -0.275. The lowest BCUT2D eigenvalue weighted by atomic mass is 9.67. The van der Waals surface area contributed by atoms with Crippen LogP contribution < -0.4 is 5.73 Å². The molecule has 3 fully saturated rings. The number of rotatable bonds is 3. The third kappa shape index (κ3) is 2.24. The van der Waals surface area contributed by atoms with Crippen LogP contribution in [-0.4, -0.2) is 54.3 Å². The molecule has 19 heavy (non-hydrogen) atoms. The lowest BCUT2D eigenvalue weighted by Gasteiger charge is -2.45. The maximum absolute atomic E-state index is 12.5. The summed E-state index contributed by atoms with van der Waals surface area (Å²) in [6, 6.07) is 0. The summed E-state index contributed by atoms with van der Waals surface area (Å²) in [5.74, 6) is 0.799. The largest absolute Gasteiger partial charge is 0.339 e. The zero-order valence-electron chi connectivity index (χ0n) is 11.4. The fourth-order valence-corrected chi connectivity index (χ4v) is 3.16. The second kappa shape index (κ2) is 4.78. The first-order chi connectivity index (χ1) is 9.16. The molecule has 2 amide bonds. The van der Waals surface area contributed by atoms with Gasteiger partial charge in [0.25, 0.3) is 0 Å². The van der Waals surface area contributed by atoms with E-state index in [-0.39, 0.29) is 17.2 Å². The normalized spacial score (nSPS) is 25.9. The van der Waals surface area contributed by atoms with E-state index in [1.165, 1.54) is 0 Å². The van der Waals surface area contributed by atoms with Gasteiger partial charge >= 0.3 is 0 Å². The lowest BCUT2D eigenvalue weighted by Crippen LogP contribution is -2.57. The van der Waals surface area contributed by atoms with Crippen molar-refractivity contribution in [3.63, 3.8) is 0 Å². The van der Waals surface area contributed by atoms with Gasteiger partial charge in [-0.25, -0.2) is 0 Å². The molecule has 0 spiro atoms. The number of amides is 2. The summed E-state index contributed by atoms with van der Waals surface area (Å²) in [6.07, 6.45) is 5.08. The van der Waals surface area contributed by atoms with Gasteiger partial charge in [0.2, 0.25) is 11.8 Å². The molecule has 1 heterocycles. The standard InChI is InChI=1S/C14H23N3O2/c15-10-14(4-1-5-14)13(19)17-8-6-16(7-9-17)12(18)11-2-3-11/h11H,1-10,15H2. The molecule has 3 rings (SSSR count). The van der Waals surface area contributed by atoms with Crippen molar-refractivity contribution in [2.45, 2.75) is 32.1 Å². The second-order valence-electron chi connectivity index (χ2n) is 6.23. The predicted molar refractivity (Wildman–Crippen MR) is 71.2 cm³/mol. The van der Waals surface area contributed by atoms with Crippen molar-refractivity contribution in [1.82, 2.24) is 9.80 Å². The highest BCUT2D eigenvalue weighted by atomic mass is 16.2. The van der Waals surface area contributed by atoms with Crippen molar-refractivity contribution in [2.75, 3.05) is 32.7 Å². The molecular formula is C14H23N3O2. The predicted octanol–water partition coefficient (Wildman–Crippen LogP) is 0.196. The van der Waals surface area contributed by atoms with Gasteiger partial charge in [0.05, 0.1) is 5.41 Å². The first-order valence-electron chi connectivity index (χ1n) is 7.44. The number of nitrogens with zero attached hydrogens (tertiary/aromatic N) is 2. The molecule has 0 aromatic carbocycles. The molecular weight excluding hydrogens is 242 g/mol. The van der Waals surface area contributed by atoms with Crippen LogP contribution in [0.2, 0.25) is 0 Å². The van der Waals surface area contributed by atoms with E-state index < -0.39 is 0 Å². The Morgan fingerprint density at radius 1 is 1.05 bits per heavy atom. The van der Waals surface area contributed by atoms with Gasteiger partial charge in [-0.3, -0.25) is 9.59 Å². The lowest BCUT2D eigenvalue weighted by molar-refractivity contribution is -0.151. The van der Waals surface area contributed by atoms with Gasteiger partial charge in [0, 0.05) is 38.6 Å². The highest BCUT2D eigenvalue weighted by molar-refractivity contribution is 5.85. The third-order valence-corrected chi connectivity index (χ3v) is 4.96. The summed E-state index contributed by atoms with van der Waals surface area (Å²) in [5.41, 5.74) is 5.51. The van der Waals surface area contributed by atoms with Crippen LogP contribution in [0.5, 0.6) is 0 Å². The van der Waals surface area contributed by atoms with Crippen LogP contribution in [0.3, 0.4) is 0 Å². The van der Waals surface area contributed by atoms with Gasteiger partial charge in [-0.2, -0.15) is 0 Å². The van der Waals surface area contributed by atoms with E-state index in [1.54, 1.807) is 0 Å². The molecule has 5 heteroatoms. The molecule has 2 saturated carbocycles. The van der Waals surface area contributed by atoms with Gasteiger partial charge in [0.1, 0.15) is 0 Å². The first kappa shape index (κ1) is 12.9. The van der Waals surface area contributed by atoms with Crippen molar-refractivity contribution < 1.29 is 9.59 Å². The van der Waals surface area contributed by atoms with E-state index in [9.17, 15) is 9.59 Å². The Bertz CT molecular complexity index is 375. The molecule has 3 aliphatic rings. The summed E-state index contributed by atoms with van der Waals surface area (Å²) in [6.45, 7) is 3.22. The number of carbonyl (C=O) groups is 2. The summed E-state index contributed by atoms with van der Waals surface area (Å²) in [4.78, 5) is 28.3. The van der Waals surface area contributed by atoms with Crippen molar-refractivity contribution in [1.29, 1.82) is 0 Å². The van der Waals surface area contributed by atoms with Crippen LogP contribution in [0.1, 0.15) is 32.1 Å². The van der Waals surface area contributed by atoms with Crippen molar-refractivity contribution in [2.24, 2.45) is 17.1 Å². The highest BCUT2D eigenvalue weighted by Crippen LogP contribution is 2.41. The second-order valence-corrected chi connectivity index (χ2v) is 6.23. The Morgan fingerprint density at radius 2 is 1.63 bits per heavy atom. The molecule has 0 aromatic heterocycles. The van der Waals surface area contributed by atoms with E-state index >= 15 is 0 Å². The smallest absolute Gasteiger partial charge is 0.230 e. The Morgan fingerprint density at radius 3 is 2.05 bits per heavy atom. The molecule has 2 N–H and O–H groups in total. The number of piperazine rings is 1. The van der Waals surface area contributed by atoms with Crippen LogP contribution >= 0.6 is 0 Å². The van der Waals surface area contributed by atoms with Crippen LogP contribution in [-0.2, 0) is 9.59 Å². The number of nitrogens with two attached hydrogens (primary N) is 1. The van der Waals surface area contributed by atoms with Crippen LogP contribution in [0.25, 0.3) is 0 Å². The maximum Gasteiger partial charge on any atom is 0.230 e. The fraction of sp³-hybridized carbons (Fsp3) is 0.857. The monoisotopic (exact) mass is 265 g/mol. The molecule has 0 radical (unpaired) electrons. The Hall–Kier alpha value is -1.10. The quantitative estimate of drug-likeness (QED) is 0.792. The molecule has 2 aliphatic carbocycles. The summed E-state index contributed by atoms with van der Waals surface area (Å²) in [5, 5.41) is 0. The summed E-state index contributed by atoms with van der Waals surface area (Å²) in [7, 11) is 0. The SMILES string of the molecule is NCC1(C(=O)N2CCN(C(=O)C3CC3)CC2)CCC1. The van der Waals surface area contributed by atoms with Gasteiger partial charge in [-0.05, 0) is 25.7 Å². The average Bonchev–Trinajstić information content (AvgIpc) is 3.22. The molecule has 1 saturated heterocycles. The highest BCUT2D eigenvalue weighted by Gasteiger charge is 2.46. The molecule has 0 unspecified atom stereocenters. The molecule has 5 nitrogen and oxygen atoms in total. The Kier molecular flexibility index (Phi) is 3.25. The van der Waals surface area contributed by atoms with Gasteiger partial charge < -0.3 is 15.5 Å². The summed E-state index contributed by atoms with van der Waals surface area (Å²) >= 11 is 0. The molecule has 1 aliphatic heterocycles. The van der Waals surface area contributed by atoms with Crippen molar-refractivity contribution in [3.05, 3.63) is 0 Å². The fourth-order valence-electron chi connectivity index (χ4n) is 3.16. The minimum absolute atomic E-state index is 0.222. The summed E-state index contributed by atoms with van der Waals surface area (Å²) < 4.78 is 0. The zero-order chi connectivity index (χ0) is 13.5. The first-order valence-corrected chi connectivity index (χ1v) is 7.44. The van der Waals surface area contributed by atoms with E-state index in [4.69, 9.17) is 5.73 Å². The molecule has 0 atom stereocenters. The van der Waals surface area contributed by atoms with E-state index in [2.05, 4.69) is 0 Å². The van der Waals surface area contributed by atoms with Crippen molar-refractivity contribution in [3.8, 4) is 0 Å². The number of carbonyl (C=O) groups excluding carboxylic acids is 2. The number of hydrogen-bond acceptors (Lipinski definition) is 3. The topological polar surface area (TPSA) is 66.6 Å². The van der Waals surface area contributed by atoms with Gasteiger partial charge in [-0.15, -0.1) is 0 Å². The van der Waals surface area contributed by atoms with Gasteiger partial charge in [0.15, 0.2) is 0 Å². The maximum atomic E-state index is 12.5. The molecule has 0 aromatic rings.